The van der Waals surface area contributed by atoms with E-state index in [9.17, 15) is 9.59 Å². The van der Waals surface area contributed by atoms with Crippen molar-refractivity contribution in [2.45, 2.75) is 32.4 Å². The molecule has 2 aliphatic heterocycles. The summed E-state index contributed by atoms with van der Waals surface area (Å²) in [4.78, 5) is 32.8. The number of carbonyl (C=O) groups excluding carboxylic acids is 2. The number of amides is 2. The Balaban J connectivity index is 1.53. The molecule has 2 aromatic rings. The highest BCUT2D eigenvalue weighted by Crippen LogP contribution is 2.36. The van der Waals surface area contributed by atoms with Crippen LogP contribution in [0, 0.1) is 5.92 Å². The molecule has 4 rings (SSSR count). The molecule has 1 aromatic carbocycles. The first kappa shape index (κ1) is 18.0. The van der Waals surface area contributed by atoms with E-state index in [1.165, 1.54) is 0 Å². The highest BCUT2D eigenvalue weighted by molar-refractivity contribution is 5.76. The molecule has 2 saturated heterocycles. The van der Waals surface area contributed by atoms with Gasteiger partial charge < -0.3 is 14.8 Å². The van der Waals surface area contributed by atoms with Crippen molar-refractivity contribution in [3.05, 3.63) is 30.1 Å². The molecule has 27 heavy (non-hydrogen) atoms. The lowest BCUT2D eigenvalue weighted by Gasteiger charge is -2.43. The van der Waals surface area contributed by atoms with Crippen LogP contribution in [0.25, 0.3) is 11.0 Å². The third kappa shape index (κ3) is 3.20. The number of piperidine rings is 1. The minimum Gasteiger partial charge on any atom is -0.349 e. The van der Waals surface area contributed by atoms with E-state index in [0.29, 0.717) is 13.1 Å². The average Bonchev–Trinajstić information content (AvgIpc) is 3.13. The van der Waals surface area contributed by atoms with E-state index in [1.54, 1.807) is 13.8 Å². The van der Waals surface area contributed by atoms with E-state index in [0.717, 1.165) is 42.9 Å². The van der Waals surface area contributed by atoms with E-state index >= 15 is 0 Å². The van der Waals surface area contributed by atoms with Crippen LogP contribution in [0.2, 0.25) is 0 Å². The summed E-state index contributed by atoms with van der Waals surface area (Å²) in [5, 5.41) is 3.18. The molecule has 144 valence electrons. The first-order valence-electron chi connectivity index (χ1n) is 9.55. The normalized spacial score (nSPS) is 25.6. The zero-order valence-electron chi connectivity index (χ0n) is 16.2. The van der Waals surface area contributed by atoms with E-state index in [-0.39, 0.29) is 23.3 Å². The maximum absolute atomic E-state index is 11.9. The van der Waals surface area contributed by atoms with Crippen molar-refractivity contribution in [1.82, 2.24) is 24.7 Å². The van der Waals surface area contributed by atoms with Gasteiger partial charge in [0, 0.05) is 53.0 Å². The SMILES string of the molecule is CC(=O)N[C@@]12CCN(Cc3nc4ccccc4n3C)C[C@@H]1CN(C(C)=O)C2. The Labute approximate surface area is 159 Å². The molecule has 0 radical (unpaired) electrons. The molecular weight excluding hydrogens is 342 g/mol. The smallest absolute Gasteiger partial charge is 0.219 e. The molecule has 7 nitrogen and oxygen atoms in total. The predicted octanol–water partition coefficient (Wildman–Crippen LogP) is 1.13. The van der Waals surface area contributed by atoms with Crippen LogP contribution in [0.1, 0.15) is 26.1 Å². The lowest BCUT2D eigenvalue weighted by atomic mass is 9.80. The Bertz CT molecular complexity index is 892. The molecular formula is C20H27N5O2. The van der Waals surface area contributed by atoms with Crippen molar-refractivity contribution in [2.24, 2.45) is 13.0 Å². The van der Waals surface area contributed by atoms with Gasteiger partial charge in [-0.25, -0.2) is 4.98 Å². The Morgan fingerprint density at radius 2 is 2.04 bits per heavy atom. The molecule has 3 heterocycles. The topological polar surface area (TPSA) is 70.5 Å². The fourth-order valence-corrected chi connectivity index (χ4v) is 4.73. The van der Waals surface area contributed by atoms with Crippen molar-refractivity contribution in [2.75, 3.05) is 26.2 Å². The molecule has 2 amide bonds. The van der Waals surface area contributed by atoms with Crippen molar-refractivity contribution in [3.63, 3.8) is 0 Å². The van der Waals surface area contributed by atoms with Crippen LogP contribution in [-0.4, -0.2) is 62.9 Å². The van der Waals surface area contributed by atoms with Crippen LogP contribution in [0.15, 0.2) is 24.3 Å². The highest BCUT2D eigenvalue weighted by atomic mass is 16.2. The number of likely N-dealkylation sites (tertiary alicyclic amines) is 2. The van der Waals surface area contributed by atoms with E-state index < -0.39 is 0 Å². The second-order valence-electron chi connectivity index (χ2n) is 7.99. The first-order valence-corrected chi connectivity index (χ1v) is 9.55. The van der Waals surface area contributed by atoms with Gasteiger partial charge >= 0.3 is 0 Å². The third-order valence-corrected chi connectivity index (χ3v) is 6.16. The van der Waals surface area contributed by atoms with Crippen LogP contribution in [0.4, 0.5) is 0 Å². The number of fused-ring (bicyclic) bond motifs is 2. The summed E-state index contributed by atoms with van der Waals surface area (Å²) in [6, 6.07) is 8.17. The average molecular weight is 369 g/mol. The third-order valence-electron chi connectivity index (χ3n) is 6.16. The zero-order valence-corrected chi connectivity index (χ0v) is 16.2. The summed E-state index contributed by atoms with van der Waals surface area (Å²) in [6.07, 6.45) is 0.852. The molecule has 1 aromatic heterocycles. The van der Waals surface area contributed by atoms with Gasteiger partial charge in [0.05, 0.1) is 23.1 Å². The molecule has 2 aliphatic rings. The van der Waals surface area contributed by atoms with Gasteiger partial charge in [-0.1, -0.05) is 12.1 Å². The Morgan fingerprint density at radius 1 is 1.26 bits per heavy atom. The van der Waals surface area contributed by atoms with Gasteiger partial charge in [-0.15, -0.1) is 0 Å². The summed E-state index contributed by atoms with van der Waals surface area (Å²) < 4.78 is 2.15. The van der Waals surface area contributed by atoms with Gasteiger partial charge in [0.15, 0.2) is 0 Å². The molecule has 2 fully saturated rings. The van der Waals surface area contributed by atoms with Gasteiger partial charge in [0.1, 0.15) is 5.82 Å². The maximum Gasteiger partial charge on any atom is 0.219 e. The van der Waals surface area contributed by atoms with Gasteiger partial charge in [-0.3, -0.25) is 14.5 Å². The first-order chi connectivity index (χ1) is 12.9. The molecule has 0 saturated carbocycles. The number of hydrogen-bond donors (Lipinski definition) is 1. The van der Waals surface area contributed by atoms with Crippen molar-refractivity contribution >= 4 is 22.8 Å². The number of imidazole rings is 1. The second-order valence-corrected chi connectivity index (χ2v) is 7.99. The van der Waals surface area contributed by atoms with Crippen molar-refractivity contribution < 1.29 is 9.59 Å². The number of rotatable bonds is 3. The predicted molar refractivity (Wildman–Crippen MR) is 103 cm³/mol. The standard InChI is InChI=1S/C20H27N5O2/c1-14(26)22-20-8-9-24(10-16(20)11-25(13-20)15(2)27)12-19-21-17-6-4-5-7-18(17)23(19)3/h4-7,16H,8-13H2,1-3H3,(H,22,26)/t16-,20-/m1/s1. The highest BCUT2D eigenvalue weighted by Gasteiger charge is 2.50. The van der Waals surface area contributed by atoms with Gasteiger partial charge in [-0.2, -0.15) is 0 Å². The lowest BCUT2D eigenvalue weighted by Crippen LogP contribution is -2.60. The molecule has 0 aliphatic carbocycles. The second kappa shape index (κ2) is 6.64. The summed E-state index contributed by atoms with van der Waals surface area (Å²) >= 11 is 0. The molecule has 0 bridgehead atoms. The minimum atomic E-state index is -0.291. The Hall–Kier alpha value is -2.41. The number of aromatic nitrogens is 2. The summed E-state index contributed by atoms with van der Waals surface area (Å²) in [6.45, 7) is 7.00. The quantitative estimate of drug-likeness (QED) is 0.881. The van der Waals surface area contributed by atoms with Crippen molar-refractivity contribution in [1.29, 1.82) is 0 Å². The van der Waals surface area contributed by atoms with Gasteiger partial charge in [0.2, 0.25) is 11.8 Å². The monoisotopic (exact) mass is 369 g/mol. The van der Waals surface area contributed by atoms with Crippen LogP contribution in [0.3, 0.4) is 0 Å². The Morgan fingerprint density at radius 3 is 2.74 bits per heavy atom. The minimum absolute atomic E-state index is 0.0193. The van der Waals surface area contributed by atoms with Gasteiger partial charge in [-0.05, 0) is 18.6 Å². The van der Waals surface area contributed by atoms with Gasteiger partial charge in [0.25, 0.3) is 0 Å². The number of hydrogen-bond acceptors (Lipinski definition) is 4. The fourth-order valence-electron chi connectivity index (χ4n) is 4.73. The molecule has 0 unspecified atom stereocenters. The van der Waals surface area contributed by atoms with Crippen LogP contribution < -0.4 is 5.32 Å². The number of nitrogens with zero attached hydrogens (tertiary/aromatic N) is 4. The summed E-state index contributed by atoms with van der Waals surface area (Å²) in [5.74, 6) is 1.35. The molecule has 0 spiro atoms. The van der Waals surface area contributed by atoms with E-state index in [1.807, 2.05) is 23.1 Å². The van der Waals surface area contributed by atoms with Crippen LogP contribution in [0.5, 0.6) is 0 Å². The summed E-state index contributed by atoms with van der Waals surface area (Å²) in [5.41, 5.74) is 1.87. The molecule has 2 atom stereocenters. The fraction of sp³-hybridized carbons (Fsp3) is 0.550. The zero-order chi connectivity index (χ0) is 19.2. The van der Waals surface area contributed by atoms with Crippen LogP contribution in [-0.2, 0) is 23.2 Å². The molecule has 7 heteroatoms. The van der Waals surface area contributed by atoms with Crippen molar-refractivity contribution in [3.8, 4) is 0 Å². The van der Waals surface area contributed by atoms with E-state index in [4.69, 9.17) is 4.98 Å². The lowest BCUT2D eigenvalue weighted by molar-refractivity contribution is -0.128. The largest absolute Gasteiger partial charge is 0.349 e. The molecule has 1 N–H and O–H groups in total. The summed E-state index contributed by atoms with van der Waals surface area (Å²) in [7, 11) is 2.06. The maximum atomic E-state index is 11.9. The van der Waals surface area contributed by atoms with Crippen LogP contribution >= 0.6 is 0 Å². The number of nitrogens with one attached hydrogen (secondary N) is 1. The number of aryl methyl sites for hydroxylation is 1. The number of carbonyl (C=O) groups is 2. The van der Waals surface area contributed by atoms with E-state index in [2.05, 4.69) is 27.9 Å². The Kier molecular flexibility index (Phi) is 4.42. The number of para-hydroxylation sites is 2. The number of benzene rings is 1.